The Balaban J connectivity index is 2.68. The van der Waals surface area contributed by atoms with Crippen molar-refractivity contribution in [1.82, 2.24) is 0 Å². The van der Waals surface area contributed by atoms with Crippen LogP contribution in [0.5, 0.6) is 0 Å². The Labute approximate surface area is 87.2 Å². The van der Waals surface area contributed by atoms with E-state index in [1.54, 1.807) is 6.08 Å². The van der Waals surface area contributed by atoms with Crippen LogP contribution in [0.3, 0.4) is 0 Å². The minimum absolute atomic E-state index is 0.0882. The van der Waals surface area contributed by atoms with Gasteiger partial charge < -0.3 is 4.48 Å². The van der Waals surface area contributed by atoms with Crippen LogP contribution in [0.2, 0.25) is 0 Å². The zero-order valence-corrected chi connectivity index (χ0v) is 9.89. The Kier molecular flexibility index (Phi) is 3.71. The van der Waals surface area contributed by atoms with Crippen molar-refractivity contribution >= 4 is 0 Å². The van der Waals surface area contributed by atoms with Gasteiger partial charge in [0, 0.05) is 18.8 Å². The molecule has 0 aliphatic heterocycles. The Morgan fingerprint density at radius 3 is 2.64 bits per heavy atom. The van der Waals surface area contributed by atoms with Gasteiger partial charge in [0.1, 0.15) is 0 Å². The molecule has 1 aliphatic carbocycles. The Bertz CT molecular complexity index is 220. The second-order valence-electron chi connectivity index (χ2n) is 5.14. The molecule has 82 valence electrons. The third-order valence-corrected chi connectivity index (χ3v) is 3.45. The fourth-order valence-electron chi connectivity index (χ4n) is 2.72. The molecule has 0 fully saturated rings. The Morgan fingerprint density at radius 2 is 2.14 bits per heavy atom. The molecule has 0 amide bonds. The van der Waals surface area contributed by atoms with Crippen LogP contribution in [0, 0.1) is 5.92 Å². The van der Waals surface area contributed by atoms with E-state index in [2.05, 4.69) is 27.9 Å². The lowest BCUT2D eigenvalue weighted by Crippen LogP contribution is -2.52. The van der Waals surface area contributed by atoms with Crippen LogP contribution in [0.4, 0.5) is 4.39 Å². The third kappa shape index (κ3) is 2.57. The molecule has 1 nitrogen and oxygen atoms in total. The molecule has 0 spiro atoms. The van der Waals surface area contributed by atoms with Crippen LogP contribution in [0.1, 0.15) is 33.1 Å². The molecule has 0 heterocycles. The number of nitrogens with zero attached hydrogens (tertiary/aromatic N) is 1. The normalized spacial score (nSPS) is 28.8. The Morgan fingerprint density at radius 1 is 1.50 bits per heavy atom. The van der Waals surface area contributed by atoms with Gasteiger partial charge in [0.2, 0.25) is 0 Å². The maximum atomic E-state index is 13.0. The maximum Gasteiger partial charge on any atom is 0.0967 e. The van der Waals surface area contributed by atoms with E-state index in [9.17, 15) is 4.39 Å². The summed E-state index contributed by atoms with van der Waals surface area (Å²) in [5.41, 5.74) is 0. The summed E-state index contributed by atoms with van der Waals surface area (Å²) in [6.45, 7) is 5.57. The van der Waals surface area contributed by atoms with Crippen LogP contribution in [0.15, 0.2) is 11.9 Å². The van der Waals surface area contributed by atoms with Gasteiger partial charge in [0.15, 0.2) is 0 Å². The second-order valence-corrected chi connectivity index (χ2v) is 5.14. The average molecular weight is 200 g/mol. The second kappa shape index (κ2) is 4.43. The molecule has 0 bridgehead atoms. The van der Waals surface area contributed by atoms with Crippen LogP contribution in [-0.2, 0) is 0 Å². The summed E-state index contributed by atoms with van der Waals surface area (Å²) in [5, 5.41) is 0. The lowest BCUT2D eigenvalue weighted by Gasteiger charge is -2.42. The standard InChI is InChI=1S/C12H23FN/c1-5-8-14(3,4)12-7-6-11(13)9-10(12)2/h6,10,12H,5,7-9H2,1-4H3/q+1. The summed E-state index contributed by atoms with van der Waals surface area (Å²) in [4.78, 5) is 0. The molecule has 0 N–H and O–H groups in total. The van der Waals surface area contributed by atoms with Crippen molar-refractivity contribution in [2.75, 3.05) is 20.6 Å². The predicted molar refractivity (Wildman–Crippen MR) is 58.6 cm³/mol. The van der Waals surface area contributed by atoms with Crippen LogP contribution < -0.4 is 0 Å². The molecule has 14 heavy (non-hydrogen) atoms. The quantitative estimate of drug-likeness (QED) is 0.614. The third-order valence-electron chi connectivity index (χ3n) is 3.45. The van der Waals surface area contributed by atoms with Crippen LogP contribution in [-0.4, -0.2) is 31.2 Å². The van der Waals surface area contributed by atoms with E-state index in [0.29, 0.717) is 18.4 Å². The SMILES string of the molecule is CCC[N+](C)(C)C1CC=C(F)CC1C. The first-order chi connectivity index (χ1) is 6.47. The number of rotatable bonds is 3. The van der Waals surface area contributed by atoms with E-state index in [1.165, 1.54) is 13.0 Å². The van der Waals surface area contributed by atoms with Gasteiger partial charge in [-0.05, 0) is 12.5 Å². The van der Waals surface area contributed by atoms with Gasteiger partial charge >= 0.3 is 0 Å². The van der Waals surface area contributed by atoms with Crippen molar-refractivity contribution in [3.05, 3.63) is 11.9 Å². The highest BCUT2D eigenvalue weighted by atomic mass is 19.1. The molecule has 0 aromatic carbocycles. The van der Waals surface area contributed by atoms with E-state index < -0.39 is 0 Å². The minimum atomic E-state index is 0.0882. The first-order valence-electron chi connectivity index (χ1n) is 5.64. The van der Waals surface area contributed by atoms with E-state index in [-0.39, 0.29) is 5.83 Å². The summed E-state index contributed by atoms with van der Waals surface area (Å²) in [6, 6.07) is 0.592. The van der Waals surface area contributed by atoms with Gasteiger partial charge in [-0.2, -0.15) is 0 Å². The molecule has 0 aromatic heterocycles. The van der Waals surface area contributed by atoms with Gasteiger partial charge in [-0.3, -0.25) is 0 Å². The topological polar surface area (TPSA) is 0 Å². The van der Waals surface area contributed by atoms with Crippen molar-refractivity contribution in [2.45, 2.75) is 39.2 Å². The first kappa shape index (κ1) is 11.7. The van der Waals surface area contributed by atoms with Gasteiger partial charge in [-0.25, -0.2) is 4.39 Å². The first-order valence-corrected chi connectivity index (χ1v) is 5.64. The number of allylic oxidation sites excluding steroid dienone is 1. The average Bonchev–Trinajstić information content (AvgIpc) is 2.02. The lowest BCUT2D eigenvalue weighted by atomic mass is 9.87. The zero-order chi connectivity index (χ0) is 10.8. The van der Waals surface area contributed by atoms with Crippen LogP contribution >= 0.6 is 0 Å². The number of halogens is 1. The zero-order valence-electron chi connectivity index (χ0n) is 9.89. The number of hydrogen-bond donors (Lipinski definition) is 0. The fourth-order valence-corrected chi connectivity index (χ4v) is 2.72. The molecule has 2 heteroatoms. The molecule has 0 aromatic rings. The van der Waals surface area contributed by atoms with Crippen molar-refractivity contribution in [2.24, 2.45) is 5.92 Å². The smallest absolute Gasteiger partial charge is 0.0967 e. The highest BCUT2D eigenvalue weighted by Gasteiger charge is 2.34. The molecule has 0 saturated heterocycles. The largest absolute Gasteiger partial charge is 0.326 e. The van der Waals surface area contributed by atoms with Gasteiger partial charge in [-0.15, -0.1) is 0 Å². The summed E-state index contributed by atoms with van der Waals surface area (Å²) in [7, 11) is 4.53. The minimum Gasteiger partial charge on any atom is -0.326 e. The highest BCUT2D eigenvalue weighted by Crippen LogP contribution is 2.30. The molecule has 0 radical (unpaired) electrons. The van der Waals surface area contributed by atoms with Gasteiger partial charge in [-0.1, -0.05) is 13.8 Å². The summed E-state index contributed by atoms with van der Waals surface area (Å²) < 4.78 is 14.1. The lowest BCUT2D eigenvalue weighted by molar-refractivity contribution is -0.918. The molecule has 1 aliphatic rings. The molecular formula is C12H23FN+. The molecule has 2 atom stereocenters. The Hall–Kier alpha value is -0.370. The van der Waals surface area contributed by atoms with Gasteiger partial charge in [0.05, 0.1) is 32.5 Å². The van der Waals surface area contributed by atoms with Crippen molar-refractivity contribution in [3.63, 3.8) is 0 Å². The summed E-state index contributed by atoms with van der Waals surface area (Å²) in [5.74, 6) is 0.562. The maximum absolute atomic E-state index is 13.0. The van der Waals surface area contributed by atoms with E-state index in [4.69, 9.17) is 0 Å². The number of hydrogen-bond acceptors (Lipinski definition) is 0. The van der Waals surface area contributed by atoms with Crippen molar-refractivity contribution in [1.29, 1.82) is 0 Å². The molecular weight excluding hydrogens is 177 g/mol. The van der Waals surface area contributed by atoms with Gasteiger partial charge in [0.25, 0.3) is 0 Å². The van der Waals surface area contributed by atoms with E-state index >= 15 is 0 Å². The van der Waals surface area contributed by atoms with Crippen molar-refractivity contribution < 1.29 is 8.87 Å². The number of quaternary nitrogens is 1. The fraction of sp³-hybridized carbons (Fsp3) is 0.833. The highest BCUT2D eigenvalue weighted by molar-refractivity contribution is 5.01. The molecule has 0 saturated carbocycles. The summed E-state index contributed by atoms with van der Waals surface area (Å²) >= 11 is 0. The van der Waals surface area contributed by atoms with E-state index in [0.717, 1.165) is 10.9 Å². The van der Waals surface area contributed by atoms with Crippen molar-refractivity contribution in [3.8, 4) is 0 Å². The van der Waals surface area contributed by atoms with Crippen LogP contribution in [0.25, 0.3) is 0 Å². The molecule has 1 rings (SSSR count). The predicted octanol–water partition coefficient (Wildman–Crippen LogP) is 3.12. The van der Waals surface area contributed by atoms with E-state index in [1.807, 2.05) is 0 Å². The monoisotopic (exact) mass is 200 g/mol. The summed E-state index contributed by atoms with van der Waals surface area (Å²) in [6.07, 6.45) is 4.51. The molecule has 2 unspecified atom stereocenters.